The lowest BCUT2D eigenvalue weighted by Gasteiger charge is -2.12. The fourth-order valence-electron chi connectivity index (χ4n) is 2.75. The summed E-state index contributed by atoms with van der Waals surface area (Å²) in [5.41, 5.74) is 0.351. The molecule has 3 rings (SSSR count). The molecule has 9 heteroatoms. The second-order valence-corrected chi connectivity index (χ2v) is 9.09. The minimum absolute atomic E-state index is 0.0448. The Labute approximate surface area is 155 Å². The van der Waals surface area contributed by atoms with Gasteiger partial charge >= 0.3 is 5.97 Å². The Morgan fingerprint density at radius 3 is 2.88 bits per heavy atom. The molecule has 1 aliphatic heterocycles. The fraction of sp³-hybridized carbons (Fsp3) is 0.353. The van der Waals surface area contributed by atoms with Crippen molar-refractivity contribution in [3.05, 3.63) is 47.3 Å². The topological polar surface area (TPSA) is 95.3 Å². The van der Waals surface area contributed by atoms with Crippen molar-refractivity contribution >= 4 is 38.5 Å². The van der Waals surface area contributed by atoms with Gasteiger partial charge in [-0.3, -0.25) is 14.2 Å². The zero-order chi connectivity index (χ0) is 18.7. The third kappa shape index (κ3) is 4.16. The zero-order valence-electron chi connectivity index (χ0n) is 14.0. The van der Waals surface area contributed by atoms with Crippen LogP contribution in [0.3, 0.4) is 0 Å². The molecule has 2 heterocycles. The van der Waals surface area contributed by atoms with Crippen molar-refractivity contribution in [2.45, 2.75) is 24.2 Å². The van der Waals surface area contributed by atoms with E-state index in [9.17, 15) is 18.0 Å². The number of nitrogens with zero attached hydrogens (tertiary/aromatic N) is 2. The number of rotatable bonds is 6. The van der Waals surface area contributed by atoms with Gasteiger partial charge in [0, 0.05) is 6.54 Å². The average molecular weight is 394 g/mol. The van der Waals surface area contributed by atoms with E-state index in [1.54, 1.807) is 30.3 Å². The van der Waals surface area contributed by atoms with Crippen LogP contribution in [0.4, 0.5) is 0 Å². The van der Waals surface area contributed by atoms with Crippen LogP contribution in [0.25, 0.3) is 10.9 Å². The molecule has 0 unspecified atom stereocenters. The number of hydrogen-bond acceptors (Lipinski definition) is 7. The maximum absolute atomic E-state index is 12.6. The number of benzene rings is 1. The molecule has 1 atom stereocenters. The van der Waals surface area contributed by atoms with Gasteiger partial charge < -0.3 is 4.74 Å². The summed E-state index contributed by atoms with van der Waals surface area (Å²) in [5.74, 6) is -0.662. The van der Waals surface area contributed by atoms with Gasteiger partial charge in [-0.05, 0) is 18.6 Å². The van der Waals surface area contributed by atoms with Crippen molar-refractivity contribution in [1.82, 2.24) is 9.55 Å². The Balaban J connectivity index is 1.75. The lowest BCUT2D eigenvalue weighted by Crippen LogP contribution is -2.24. The van der Waals surface area contributed by atoms with Gasteiger partial charge in [0.2, 0.25) is 0 Å². The zero-order valence-corrected chi connectivity index (χ0v) is 15.6. The minimum atomic E-state index is -3.11. The smallest absolute Gasteiger partial charge is 0.316 e. The molecular weight excluding hydrogens is 376 g/mol. The molecule has 26 heavy (non-hydrogen) atoms. The normalized spacial score (nSPS) is 18.7. The van der Waals surface area contributed by atoms with Crippen molar-refractivity contribution in [2.75, 3.05) is 17.3 Å². The number of esters is 1. The summed E-state index contributed by atoms with van der Waals surface area (Å²) in [4.78, 5) is 29.1. The number of allylic oxidation sites excluding steroid dienone is 1. The van der Waals surface area contributed by atoms with Gasteiger partial charge in [0.25, 0.3) is 5.56 Å². The van der Waals surface area contributed by atoms with E-state index in [1.807, 2.05) is 0 Å². The summed E-state index contributed by atoms with van der Waals surface area (Å²) >= 11 is 1.09. The lowest BCUT2D eigenvalue weighted by molar-refractivity contribution is -0.144. The van der Waals surface area contributed by atoms with E-state index in [-0.39, 0.29) is 29.4 Å². The lowest BCUT2D eigenvalue weighted by atomic mass is 10.2. The largest absolute Gasteiger partial charge is 0.461 e. The average Bonchev–Trinajstić information content (AvgIpc) is 2.94. The van der Waals surface area contributed by atoms with E-state index >= 15 is 0 Å². The van der Waals surface area contributed by atoms with Crippen LogP contribution in [0, 0.1) is 0 Å². The van der Waals surface area contributed by atoms with E-state index in [0.29, 0.717) is 22.5 Å². The molecule has 1 aromatic carbocycles. The number of fused-ring (bicyclic) bond motifs is 1. The molecule has 7 nitrogen and oxygen atoms in total. The summed E-state index contributed by atoms with van der Waals surface area (Å²) < 4.78 is 29.5. The molecule has 1 aromatic heterocycles. The first kappa shape index (κ1) is 18.7. The van der Waals surface area contributed by atoms with Crippen LogP contribution in [0.5, 0.6) is 0 Å². The Bertz CT molecular complexity index is 1010. The first-order valence-electron chi connectivity index (χ1n) is 8.03. The van der Waals surface area contributed by atoms with Crippen LogP contribution < -0.4 is 5.56 Å². The van der Waals surface area contributed by atoms with E-state index in [2.05, 4.69) is 11.6 Å². The van der Waals surface area contributed by atoms with Gasteiger partial charge in [-0.1, -0.05) is 30.0 Å². The van der Waals surface area contributed by atoms with Crippen molar-refractivity contribution < 1.29 is 17.9 Å². The summed E-state index contributed by atoms with van der Waals surface area (Å²) in [6, 6.07) is 6.99. The molecule has 0 saturated carbocycles. The molecule has 0 amide bonds. The van der Waals surface area contributed by atoms with E-state index in [0.717, 1.165) is 11.8 Å². The van der Waals surface area contributed by atoms with Gasteiger partial charge in [0.1, 0.15) is 6.10 Å². The highest BCUT2D eigenvalue weighted by molar-refractivity contribution is 7.99. The predicted octanol–water partition coefficient (Wildman–Crippen LogP) is 1.40. The SMILES string of the molecule is C=CCn1c(SCC(=O)O[C@H]2CCS(=O)(=O)C2)nc2ccccc2c1=O. The summed E-state index contributed by atoms with van der Waals surface area (Å²) in [5, 5.41) is 0.891. The number of carbonyl (C=O) groups is 1. The van der Waals surface area contributed by atoms with Gasteiger partial charge in [-0.25, -0.2) is 13.4 Å². The first-order valence-corrected chi connectivity index (χ1v) is 10.8. The van der Waals surface area contributed by atoms with Crippen molar-refractivity contribution in [3.63, 3.8) is 0 Å². The number of hydrogen-bond donors (Lipinski definition) is 0. The van der Waals surface area contributed by atoms with Crippen LogP contribution in [-0.4, -0.2) is 47.3 Å². The fourth-order valence-corrected chi connectivity index (χ4v) is 5.13. The first-order chi connectivity index (χ1) is 12.4. The molecule has 138 valence electrons. The van der Waals surface area contributed by atoms with Crippen LogP contribution in [0.1, 0.15) is 6.42 Å². The highest BCUT2D eigenvalue weighted by atomic mass is 32.2. The molecule has 0 aliphatic carbocycles. The number of thioether (sulfide) groups is 1. The van der Waals surface area contributed by atoms with Crippen molar-refractivity contribution in [3.8, 4) is 0 Å². The maximum Gasteiger partial charge on any atom is 0.316 e. The highest BCUT2D eigenvalue weighted by Crippen LogP contribution is 2.20. The number of ether oxygens (including phenoxy) is 1. The van der Waals surface area contributed by atoms with E-state index in [1.165, 1.54) is 4.57 Å². The second kappa shape index (κ2) is 7.63. The summed E-state index contributed by atoms with van der Waals surface area (Å²) in [6.45, 7) is 3.92. The molecule has 0 N–H and O–H groups in total. The van der Waals surface area contributed by atoms with Crippen LogP contribution in [-0.2, 0) is 25.9 Å². The number of sulfone groups is 1. The third-order valence-corrected chi connectivity index (χ3v) is 6.63. The van der Waals surface area contributed by atoms with Gasteiger partial charge in [-0.2, -0.15) is 0 Å². The second-order valence-electron chi connectivity index (χ2n) is 5.92. The maximum atomic E-state index is 12.6. The van der Waals surface area contributed by atoms with Crippen LogP contribution >= 0.6 is 11.8 Å². The van der Waals surface area contributed by atoms with Crippen molar-refractivity contribution in [1.29, 1.82) is 0 Å². The quantitative estimate of drug-likeness (QED) is 0.316. The summed E-state index contributed by atoms with van der Waals surface area (Å²) in [7, 11) is -3.11. The molecule has 1 aliphatic rings. The number of carbonyl (C=O) groups excluding carboxylic acids is 1. The number of para-hydroxylation sites is 1. The Morgan fingerprint density at radius 1 is 1.42 bits per heavy atom. The molecular formula is C17H18N2O5S2. The minimum Gasteiger partial charge on any atom is -0.461 e. The Morgan fingerprint density at radius 2 is 2.19 bits per heavy atom. The Kier molecular flexibility index (Phi) is 5.47. The standard InChI is InChI=1S/C17H18N2O5S2/c1-2-8-19-16(21)13-5-3-4-6-14(13)18-17(19)25-10-15(20)24-12-7-9-26(22,23)11-12/h2-6,12H,1,7-11H2/t12-/m0/s1. The van der Waals surface area contributed by atoms with Crippen LogP contribution in [0.15, 0.2) is 46.9 Å². The molecule has 1 fully saturated rings. The van der Waals surface area contributed by atoms with E-state index in [4.69, 9.17) is 4.74 Å². The van der Waals surface area contributed by atoms with Crippen molar-refractivity contribution in [2.24, 2.45) is 0 Å². The van der Waals surface area contributed by atoms with Gasteiger partial charge in [-0.15, -0.1) is 6.58 Å². The molecule has 0 radical (unpaired) electrons. The third-order valence-electron chi connectivity index (χ3n) is 3.95. The van der Waals surface area contributed by atoms with Crippen LogP contribution in [0.2, 0.25) is 0 Å². The van der Waals surface area contributed by atoms with Gasteiger partial charge in [0.15, 0.2) is 15.0 Å². The summed E-state index contributed by atoms with van der Waals surface area (Å²) in [6.07, 6.45) is 1.32. The molecule has 0 bridgehead atoms. The predicted molar refractivity (Wildman–Crippen MR) is 100 cm³/mol. The molecule has 1 saturated heterocycles. The molecule has 2 aromatic rings. The number of aromatic nitrogens is 2. The molecule has 0 spiro atoms. The Hall–Kier alpha value is -2.13. The van der Waals surface area contributed by atoms with Gasteiger partial charge in [0.05, 0.1) is 28.2 Å². The monoisotopic (exact) mass is 394 g/mol. The van der Waals surface area contributed by atoms with E-state index < -0.39 is 21.9 Å². The highest BCUT2D eigenvalue weighted by Gasteiger charge is 2.30.